The lowest BCUT2D eigenvalue weighted by atomic mass is 10.0. The summed E-state index contributed by atoms with van der Waals surface area (Å²) in [6.45, 7) is 7.28. The third-order valence-corrected chi connectivity index (χ3v) is 4.03. The predicted molar refractivity (Wildman–Crippen MR) is 87.2 cm³/mol. The molecule has 1 heterocycles. The first-order valence-corrected chi connectivity index (χ1v) is 7.40. The number of halogens is 1. The van der Waals surface area contributed by atoms with Crippen LogP contribution in [0.15, 0.2) is 34.8 Å². The normalized spacial score (nSPS) is 11.4. The molecule has 0 unspecified atom stereocenters. The molecule has 0 N–H and O–H groups in total. The van der Waals surface area contributed by atoms with Gasteiger partial charge in [-0.15, -0.1) is 0 Å². The second-order valence-corrected chi connectivity index (χ2v) is 5.66. The Bertz CT molecular complexity index is 685. The Hall–Kier alpha value is -1.79. The number of nitriles is 1. The number of nitrogens with zero attached hydrogens (tertiary/aromatic N) is 2. The first kappa shape index (κ1) is 14.6. The number of aryl methyl sites for hydroxylation is 1. The molecular formula is C17H17BrN2. The largest absolute Gasteiger partial charge is 0.349 e. The van der Waals surface area contributed by atoms with Crippen LogP contribution in [-0.2, 0) is 6.54 Å². The maximum Gasteiger partial charge on any atom is 0.0998 e. The van der Waals surface area contributed by atoms with Crippen LogP contribution in [0, 0.1) is 25.2 Å². The van der Waals surface area contributed by atoms with Crippen LogP contribution in [0.1, 0.15) is 29.4 Å². The van der Waals surface area contributed by atoms with E-state index in [0.717, 1.165) is 22.1 Å². The van der Waals surface area contributed by atoms with Crippen molar-refractivity contribution >= 4 is 27.6 Å². The predicted octanol–water partition coefficient (Wildman–Crippen LogP) is 4.95. The van der Waals surface area contributed by atoms with Gasteiger partial charge >= 0.3 is 0 Å². The molecule has 20 heavy (non-hydrogen) atoms. The van der Waals surface area contributed by atoms with Crippen molar-refractivity contribution in [1.29, 1.82) is 5.26 Å². The molecule has 0 bridgehead atoms. The van der Waals surface area contributed by atoms with E-state index in [4.69, 9.17) is 0 Å². The van der Waals surface area contributed by atoms with Crippen molar-refractivity contribution in [3.8, 4) is 6.07 Å². The number of hydrogen-bond donors (Lipinski definition) is 0. The maximum atomic E-state index is 9.40. The van der Waals surface area contributed by atoms with Gasteiger partial charge in [0.05, 0.1) is 11.6 Å². The Kier molecular flexibility index (Phi) is 4.46. The van der Waals surface area contributed by atoms with Crippen molar-refractivity contribution in [1.82, 2.24) is 4.57 Å². The molecule has 0 amide bonds. The molecule has 2 rings (SSSR count). The van der Waals surface area contributed by atoms with Crippen LogP contribution in [-0.4, -0.2) is 4.57 Å². The van der Waals surface area contributed by atoms with Crippen molar-refractivity contribution in [2.45, 2.75) is 27.3 Å². The average Bonchev–Trinajstić information content (AvgIpc) is 2.71. The smallest absolute Gasteiger partial charge is 0.0998 e. The third kappa shape index (κ3) is 2.86. The molecule has 0 saturated carbocycles. The van der Waals surface area contributed by atoms with E-state index in [1.807, 2.05) is 30.3 Å². The van der Waals surface area contributed by atoms with Gasteiger partial charge in [0.1, 0.15) is 0 Å². The van der Waals surface area contributed by atoms with Crippen molar-refractivity contribution in [3.63, 3.8) is 0 Å². The molecular weight excluding hydrogens is 312 g/mol. The Morgan fingerprint density at radius 2 is 1.95 bits per heavy atom. The van der Waals surface area contributed by atoms with Gasteiger partial charge in [-0.1, -0.05) is 28.1 Å². The lowest BCUT2D eigenvalue weighted by molar-refractivity contribution is 0.718. The molecule has 1 aromatic carbocycles. The number of benzene rings is 1. The number of aromatic nitrogens is 1. The minimum atomic E-state index is 0.689. The number of rotatable bonds is 3. The Balaban J connectivity index is 2.47. The van der Waals surface area contributed by atoms with Gasteiger partial charge in [-0.25, -0.2) is 0 Å². The first-order chi connectivity index (χ1) is 9.56. The van der Waals surface area contributed by atoms with Crippen LogP contribution in [0.25, 0.3) is 11.6 Å². The zero-order chi connectivity index (χ0) is 14.7. The molecule has 0 spiro atoms. The van der Waals surface area contributed by atoms with Crippen molar-refractivity contribution in [2.75, 3.05) is 0 Å². The molecule has 2 nitrogen and oxygen atoms in total. The number of hydrogen-bond acceptors (Lipinski definition) is 1. The van der Waals surface area contributed by atoms with E-state index in [0.29, 0.717) is 5.57 Å². The monoisotopic (exact) mass is 328 g/mol. The van der Waals surface area contributed by atoms with Crippen LogP contribution in [0.5, 0.6) is 0 Å². The summed E-state index contributed by atoms with van der Waals surface area (Å²) in [6.07, 6.45) is 1.97. The second-order valence-electron chi connectivity index (χ2n) is 4.75. The summed E-state index contributed by atoms with van der Waals surface area (Å²) in [5, 5.41) is 9.40. The summed E-state index contributed by atoms with van der Waals surface area (Å²) >= 11 is 3.41. The highest BCUT2D eigenvalue weighted by molar-refractivity contribution is 9.10. The van der Waals surface area contributed by atoms with Gasteiger partial charge in [0, 0.05) is 22.4 Å². The molecule has 102 valence electrons. The lowest BCUT2D eigenvalue weighted by Crippen LogP contribution is -1.98. The van der Waals surface area contributed by atoms with Crippen molar-refractivity contribution in [2.24, 2.45) is 0 Å². The summed E-state index contributed by atoms with van der Waals surface area (Å²) in [5.74, 6) is 0. The van der Waals surface area contributed by atoms with Gasteiger partial charge in [0.25, 0.3) is 0 Å². The third-order valence-electron chi connectivity index (χ3n) is 3.50. The summed E-state index contributed by atoms with van der Waals surface area (Å²) in [5.41, 5.74) is 5.17. The summed E-state index contributed by atoms with van der Waals surface area (Å²) in [4.78, 5) is 0. The fraction of sp³-hybridized carbons (Fsp3) is 0.235. The van der Waals surface area contributed by atoms with Gasteiger partial charge in [-0.3, -0.25) is 0 Å². The molecule has 0 aliphatic carbocycles. The van der Waals surface area contributed by atoms with E-state index in [9.17, 15) is 5.26 Å². The Morgan fingerprint density at radius 3 is 2.45 bits per heavy atom. The molecule has 0 aliphatic heterocycles. The van der Waals surface area contributed by atoms with Crippen LogP contribution in [0.2, 0.25) is 0 Å². The van der Waals surface area contributed by atoms with Crippen LogP contribution < -0.4 is 0 Å². The van der Waals surface area contributed by atoms with E-state index in [1.165, 1.54) is 11.4 Å². The molecule has 3 heteroatoms. The number of allylic oxidation sites excluding steroid dienone is 1. The highest BCUT2D eigenvalue weighted by Crippen LogP contribution is 2.23. The molecule has 0 fully saturated rings. The molecule has 0 radical (unpaired) electrons. The topological polar surface area (TPSA) is 28.7 Å². The lowest BCUT2D eigenvalue weighted by Gasteiger charge is -2.05. The highest BCUT2D eigenvalue weighted by atomic mass is 79.9. The van der Waals surface area contributed by atoms with Crippen LogP contribution in [0.3, 0.4) is 0 Å². The van der Waals surface area contributed by atoms with Gasteiger partial charge < -0.3 is 4.57 Å². The minimum absolute atomic E-state index is 0.689. The summed E-state index contributed by atoms with van der Waals surface area (Å²) in [7, 11) is 0. The SMILES string of the molecule is CCn1c(C)cc(C=C(C#N)c2ccc(Br)cc2)c1C. The zero-order valence-corrected chi connectivity index (χ0v) is 13.5. The van der Waals surface area contributed by atoms with Gasteiger partial charge in [0.2, 0.25) is 0 Å². The highest BCUT2D eigenvalue weighted by Gasteiger charge is 2.08. The quantitative estimate of drug-likeness (QED) is 0.732. The Labute approximate surface area is 128 Å². The molecule has 0 saturated heterocycles. The fourth-order valence-corrected chi connectivity index (χ4v) is 2.69. The van der Waals surface area contributed by atoms with Crippen molar-refractivity contribution in [3.05, 3.63) is 57.3 Å². The molecule has 0 atom stereocenters. The van der Waals surface area contributed by atoms with E-state index >= 15 is 0 Å². The van der Waals surface area contributed by atoms with Gasteiger partial charge in [-0.2, -0.15) is 5.26 Å². The maximum absolute atomic E-state index is 9.40. The molecule has 1 aromatic heterocycles. The van der Waals surface area contributed by atoms with Gasteiger partial charge in [-0.05, 0) is 56.2 Å². The van der Waals surface area contributed by atoms with Crippen molar-refractivity contribution < 1.29 is 0 Å². The molecule has 2 aromatic rings. The van der Waals surface area contributed by atoms with Crippen LogP contribution in [0.4, 0.5) is 0 Å². The molecule has 0 aliphatic rings. The zero-order valence-electron chi connectivity index (χ0n) is 11.9. The van der Waals surface area contributed by atoms with Crippen LogP contribution >= 0.6 is 15.9 Å². The van der Waals surface area contributed by atoms with E-state index in [1.54, 1.807) is 0 Å². The summed E-state index contributed by atoms with van der Waals surface area (Å²) < 4.78 is 3.27. The van der Waals surface area contributed by atoms with E-state index in [-0.39, 0.29) is 0 Å². The second kappa shape index (κ2) is 6.11. The Morgan fingerprint density at radius 1 is 1.30 bits per heavy atom. The standard InChI is InChI=1S/C17H17BrN2/c1-4-20-12(2)9-15(13(20)3)10-16(11-19)14-5-7-17(18)8-6-14/h5-10H,4H2,1-3H3. The van der Waals surface area contributed by atoms with E-state index in [2.05, 4.69) is 53.4 Å². The minimum Gasteiger partial charge on any atom is -0.349 e. The fourth-order valence-electron chi connectivity index (χ4n) is 2.43. The summed E-state index contributed by atoms with van der Waals surface area (Å²) in [6, 6.07) is 12.3. The average molecular weight is 329 g/mol. The first-order valence-electron chi connectivity index (χ1n) is 6.61. The van der Waals surface area contributed by atoms with Gasteiger partial charge in [0.15, 0.2) is 0 Å². The van der Waals surface area contributed by atoms with E-state index < -0.39 is 0 Å².